The highest BCUT2D eigenvalue weighted by Crippen LogP contribution is 2.39. The van der Waals surface area contributed by atoms with Crippen LogP contribution in [0.1, 0.15) is 26.2 Å². The van der Waals surface area contributed by atoms with Crippen LogP contribution in [0.15, 0.2) is 18.3 Å². The minimum atomic E-state index is -0.632. The number of imide groups is 1. The van der Waals surface area contributed by atoms with Gasteiger partial charge in [-0.1, -0.05) is 11.6 Å². The first-order valence-electron chi connectivity index (χ1n) is 8.03. The van der Waals surface area contributed by atoms with E-state index in [1.807, 2.05) is 6.92 Å². The molecule has 0 unspecified atom stereocenters. The molecule has 4 rings (SSSR count). The first-order valence-corrected chi connectivity index (χ1v) is 8.41. The normalized spacial score (nSPS) is 30.5. The highest BCUT2D eigenvalue weighted by atomic mass is 35.5. The van der Waals surface area contributed by atoms with Crippen LogP contribution < -0.4 is 4.90 Å². The molecule has 0 aromatic carbocycles. The molecule has 0 spiro atoms. The maximum atomic E-state index is 12.8. The van der Waals surface area contributed by atoms with Crippen LogP contribution in [-0.2, 0) is 4.79 Å². The number of aromatic nitrogens is 1. The molecule has 1 aromatic rings. The number of fused-ring (bicyclic) bond motifs is 1. The number of carbonyl (C=O) groups is 2. The first kappa shape index (κ1) is 14.8. The van der Waals surface area contributed by atoms with Crippen molar-refractivity contribution in [2.75, 3.05) is 24.5 Å². The maximum absolute atomic E-state index is 12.8. The second-order valence-corrected chi connectivity index (χ2v) is 7.09. The fourth-order valence-corrected chi connectivity index (χ4v) is 4.29. The Morgan fingerprint density at radius 3 is 2.91 bits per heavy atom. The second kappa shape index (κ2) is 5.09. The van der Waals surface area contributed by atoms with E-state index in [2.05, 4.69) is 9.88 Å². The highest BCUT2D eigenvalue weighted by Gasteiger charge is 2.58. The minimum Gasteiger partial charge on any atom is -0.353 e. The highest BCUT2D eigenvalue weighted by molar-refractivity contribution is 6.32. The molecule has 3 aliphatic heterocycles. The zero-order valence-corrected chi connectivity index (χ0v) is 13.8. The quantitative estimate of drug-likeness (QED) is 0.777. The van der Waals surface area contributed by atoms with Gasteiger partial charge in [-0.25, -0.2) is 9.78 Å². The van der Waals surface area contributed by atoms with Gasteiger partial charge in [0.15, 0.2) is 0 Å². The van der Waals surface area contributed by atoms with Crippen LogP contribution in [0.2, 0.25) is 5.02 Å². The van der Waals surface area contributed by atoms with Gasteiger partial charge in [0.05, 0.1) is 11.1 Å². The summed E-state index contributed by atoms with van der Waals surface area (Å²) in [4.78, 5) is 35.1. The Kier molecular flexibility index (Phi) is 3.27. The van der Waals surface area contributed by atoms with E-state index < -0.39 is 5.54 Å². The minimum absolute atomic E-state index is 0.0426. The van der Waals surface area contributed by atoms with E-state index in [-0.39, 0.29) is 18.0 Å². The molecule has 1 aromatic heterocycles. The Balaban J connectivity index is 1.56. The van der Waals surface area contributed by atoms with E-state index in [9.17, 15) is 9.59 Å². The molecular formula is C16H19ClN4O2. The fraction of sp³-hybridized carbons (Fsp3) is 0.562. The van der Waals surface area contributed by atoms with Crippen LogP contribution in [0.5, 0.6) is 0 Å². The van der Waals surface area contributed by atoms with Crippen molar-refractivity contribution < 1.29 is 9.59 Å². The number of pyridine rings is 1. The molecule has 7 heteroatoms. The molecule has 3 aliphatic rings. The van der Waals surface area contributed by atoms with Crippen molar-refractivity contribution >= 4 is 29.4 Å². The molecule has 3 saturated heterocycles. The zero-order valence-electron chi connectivity index (χ0n) is 13.0. The lowest BCUT2D eigenvalue weighted by Gasteiger charge is -2.24. The third-order valence-corrected chi connectivity index (χ3v) is 5.62. The number of nitrogens with zero attached hydrogens (tertiary/aromatic N) is 4. The standard InChI is InChI=1S/C16H19ClN4O2/c1-16-6-3-8-20(16)15(23)21(14(16)22)11-5-9-19(10-11)13-12(17)4-2-7-18-13/h2,4,7,11H,3,5-6,8-10H2,1H3/t11-,16-/m0/s1. The van der Waals surface area contributed by atoms with Crippen LogP contribution in [0, 0.1) is 0 Å². The third-order valence-electron chi connectivity index (χ3n) is 5.32. The first-order chi connectivity index (χ1) is 11.0. The van der Waals surface area contributed by atoms with Crippen LogP contribution >= 0.6 is 11.6 Å². The molecule has 2 atom stereocenters. The number of carbonyl (C=O) groups excluding carboxylic acids is 2. The summed E-state index contributed by atoms with van der Waals surface area (Å²) in [5, 5.41) is 0.597. The van der Waals surface area contributed by atoms with Gasteiger partial charge < -0.3 is 9.80 Å². The largest absolute Gasteiger partial charge is 0.353 e. The van der Waals surface area contributed by atoms with E-state index in [0.717, 1.165) is 31.6 Å². The summed E-state index contributed by atoms with van der Waals surface area (Å²) in [7, 11) is 0. The number of hydrogen-bond acceptors (Lipinski definition) is 4. The van der Waals surface area contributed by atoms with E-state index >= 15 is 0 Å². The van der Waals surface area contributed by atoms with Gasteiger partial charge in [-0.2, -0.15) is 0 Å². The Hall–Kier alpha value is -1.82. The van der Waals surface area contributed by atoms with Gasteiger partial charge in [0.1, 0.15) is 11.4 Å². The molecule has 4 heterocycles. The average molecular weight is 335 g/mol. The number of amides is 3. The molecule has 122 valence electrons. The van der Waals surface area contributed by atoms with E-state index in [0.29, 0.717) is 18.1 Å². The van der Waals surface area contributed by atoms with Gasteiger partial charge in [0, 0.05) is 25.8 Å². The van der Waals surface area contributed by atoms with Crippen molar-refractivity contribution in [1.82, 2.24) is 14.8 Å². The van der Waals surface area contributed by atoms with Crippen molar-refractivity contribution in [2.24, 2.45) is 0 Å². The summed E-state index contributed by atoms with van der Waals surface area (Å²) in [5.74, 6) is 0.682. The van der Waals surface area contributed by atoms with Gasteiger partial charge in [0.25, 0.3) is 5.91 Å². The third kappa shape index (κ3) is 2.04. The van der Waals surface area contributed by atoms with Gasteiger partial charge in [-0.15, -0.1) is 0 Å². The summed E-state index contributed by atoms with van der Waals surface area (Å²) >= 11 is 6.21. The van der Waals surface area contributed by atoms with E-state index in [1.165, 1.54) is 4.90 Å². The van der Waals surface area contributed by atoms with Crippen LogP contribution in [0.4, 0.5) is 10.6 Å². The number of halogens is 1. The van der Waals surface area contributed by atoms with Crippen molar-refractivity contribution in [3.8, 4) is 0 Å². The molecule has 0 bridgehead atoms. The Labute approximate surface area is 140 Å². The number of anilines is 1. The number of rotatable bonds is 2. The summed E-state index contributed by atoms with van der Waals surface area (Å²) in [5.41, 5.74) is -0.632. The fourth-order valence-electron chi connectivity index (χ4n) is 4.05. The molecular weight excluding hydrogens is 316 g/mol. The lowest BCUT2D eigenvalue weighted by Crippen LogP contribution is -2.45. The van der Waals surface area contributed by atoms with E-state index in [1.54, 1.807) is 23.2 Å². The summed E-state index contributed by atoms with van der Waals surface area (Å²) < 4.78 is 0. The lowest BCUT2D eigenvalue weighted by atomic mass is 9.99. The van der Waals surface area contributed by atoms with E-state index in [4.69, 9.17) is 11.6 Å². The average Bonchev–Trinajstić information content (AvgIpc) is 3.19. The molecule has 0 radical (unpaired) electrons. The van der Waals surface area contributed by atoms with Gasteiger partial charge in [-0.05, 0) is 38.3 Å². The number of hydrogen-bond donors (Lipinski definition) is 0. The SMILES string of the molecule is C[C@@]12CCCN1C(=O)N([C@H]1CCN(c3ncccc3Cl)C1)C2=O. The molecule has 3 fully saturated rings. The predicted molar refractivity (Wildman–Crippen MR) is 86.5 cm³/mol. The molecule has 23 heavy (non-hydrogen) atoms. The lowest BCUT2D eigenvalue weighted by molar-refractivity contribution is -0.133. The Bertz CT molecular complexity index is 682. The Morgan fingerprint density at radius 2 is 2.17 bits per heavy atom. The van der Waals surface area contributed by atoms with Gasteiger partial charge >= 0.3 is 6.03 Å². The number of urea groups is 1. The Morgan fingerprint density at radius 1 is 1.35 bits per heavy atom. The van der Waals surface area contributed by atoms with Crippen molar-refractivity contribution in [3.05, 3.63) is 23.4 Å². The second-order valence-electron chi connectivity index (χ2n) is 6.68. The van der Waals surface area contributed by atoms with Crippen molar-refractivity contribution in [1.29, 1.82) is 0 Å². The molecule has 0 N–H and O–H groups in total. The van der Waals surface area contributed by atoms with Gasteiger partial charge in [0.2, 0.25) is 0 Å². The molecule has 0 saturated carbocycles. The smallest absolute Gasteiger partial charge is 0.327 e. The molecule has 3 amide bonds. The van der Waals surface area contributed by atoms with Crippen LogP contribution in [-0.4, -0.2) is 57.9 Å². The van der Waals surface area contributed by atoms with Crippen molar-refractivity contribution in [2.45, 2.75) is 37.8 Å². The molecule has 0 aliphatic carbocycles. The molecule has 6 nitrogen and oxygen atoms in total. The van der Waals surface area contributed by atoms with Crippen LogP contribution in [0.25, 0.3) is 0 Å². The predicted octanol–water partition coefficient (Wildman–Crippen LogP) is 2.13. The summed E-state index contributed by atoms with van der Waals surface area (Å²) in [6, 6.07) is 3.37. The summed E-state index contributed by atoms with van der Waals surface area (Å²) in [6.07, 6.45) is 4.13. The van der Waals surface area contributed by atoms with Gasteiger partial charge in [-0.3, -0.25) is 9.69 Å². The van der Waals surface area contributed by atoms with Crippen LogP contribution in [0.3, 0.4) is 0 Å². The van der Waals surface area contributed by atoms with Crippen molar-refractivity contribution in [3.63, 3.8) is 0 Å². The topological polar surface area (TPSA) is 56.8 Å². The zero-order chi connectivity index (χ0) is 16.2. The monoisotopic (exact) mass is 334 g/mol. The summed E-state index contributed by atoms with van der Waals surface area (Å²) in [6.45, 7) is 3.91. The maximum Gasteiger partial charge on any atom is 0.327 e.